The molecule has 0 heterocycles. The van der Waals surface area contributed by atoms with E-state index >= 15 is 0 Å². The Morgan fingerprint density at radius 3 is 2.44 bits per heavy atom. The third-order valence-corrected chi connectivity index (χ3v) is 5.28. The van der Waals surface area contributed by atoms with Gasteiger partial charge in [-0.2, -0.15) is 0 Å². The lowest BCUT2D eigenvalue weighted by Crippen LogP contribution is -2.21. The van der Waals surface area contributed by atoms with Crippen molar-refractivity contribution in [1.82, 2.24) is 0 Å². The Balaban J connectivity index is 2.04. The Bertz CT molecular complexity index is 346. The van der Waals surface area contributed by atoms with E-state index < -0.39 is 0 Å². The fraction of sp³-hybridized carbons (Fsp3) is 0.625. The number of para-hydroxylation sites is 1. The number of hydrogen-bond acceptors (Lipinski definition) is 2. The van der Waals surface area contributed by atoms with Crippen LogP contribution in [0.3, 0.4) is 0 Å². The third-order valence-electron chi connectivity index (χ3n) is 3.87. The highest BCUT2D eigenvalue weighted by atomic mass is 32.2. The lowest BCUT2D eigenvalue weighted by atomic mass is 10.1. The summed E-state index contributed by atoms with van der Waals surface area (Å²) in [5.74, 6) is 0.662. The second-order valence-electron chi connectivity index (χ2n) is 5.70. The maximum absolute atomic E-state index is 3.66. The zero-order valence-electron chi connectivity index (χ0n) is 11.8. The smallest absolute Gasteiger partial charge is 0.0480 e. The van der Waals surface area contributed by atoms with Gasteiger partial charge in [0, 0.05) is 21.9 Å². The Morgan fingerprint density at radius 1 is 1.11 bits per heavy atom. The fourth-order valence-corrected chi connectivity index (χ4v) is 3.63. The van der Waals surface area contributed by atoms with E-state index in [0.717, 1.165) is 5.25 Å². The molecule has 1 fully saturated rings. The minimum atomic E-state index is 0.523. The van der Waals surface area contributed by atoms with Gasteiger partial charge in [-0.1, -0.05) is 38.8 Å². The topological polar surface area (TPSA) is 12.0 Å². The molecule has 1 saturated carbocycles. The van der Waals surface area contributed by atoms with E-state index in [-0.39, 0.29) is 0 Å². The molecule has 0 spiro atoms. The summed E-state index contributed by atoms with van der Waals surface area (Å²) in [5, 5.41) is 4.50. The van der Waals surface area contributed by atoms with E-state index in [1.165, 1.54) is 36.3 Å². The van der Waals surface area contributed by atoms with Gasteiger partial charge in [-0.15, -0.1) is 11.8 Å². The first-order valence-electron chi connectivity index (χ1n) is 7.19. The number of thioether (sulfide) groups is 1. The van der Waals surface area contributed by atoms with Crippen molar-refractivity contribution in [2.75, 3.05) is 5.32 Å². The Labute approximate surface area is 116 Å². The monoisotopic (exact) mass is 263 g/mol. The number of benzene rings is 1. The third kappa shape index (κ3) is 3.68. The molecule has 1 atom stereocenters. The molecule has 100 valence electrons. The van der Waals surface area contributed by atoms with E-state index in [0.29, 0.717) is 12.0 Å². The van der Waals surface area contributed by atoms with Crippen molar-refractivity contribution in [2.24, 2.45) is 5.92 Å². The maximum atomic E-state index is 3.66. The molecule has 0 saturated heterocycles. The van der Waals surface area contributed by atoms with Crippen molar-refractivity contribution in [3.05, 3.63) is 24.3 Å². The SMILES string of the molecule is CC(C)C(C)Nc1ccccc1SC1CCCC1. The van der Waals surface area contributed by atoms with Crippen LogP contribution in [0.5, 0.6) is 0 Å². The summed E-state index contributed by atoms with van der Waals surface area (Å²) in [7, 11) is 0. The van der Waals surface area contributed by atoms with Crippen molar-refractivity contribution in [2.45, 2.75) is 62.6 Å². The quantitative estimate of drug-likeness (QED) is 0.785. The van der Waals surface area contributed by atoms with Crippen molar-refractivity contribution >= 4 is 17.4 Å². The molecule has 2 rings (SSSR count). The second kappa shape index (κ2) is 6.51. The molecule has 0 aliphatic heterocycles. The molecule has 0 bridgehead atoms. The average molecular weight is 263 g/mol. The van der Waals surface area contributed by atoms with Crippen LogP contribution >= 0.6 is 11.8 Å². The van der Waals surface area contributed by atoms with E-state index in [2.05, 4.69) is 62.1 Å². The summed E-state index contributed by atoms with van der Waals surface area (Å²) in [6.45, 7) is 6.80. The molecule has 0 amide bonds. The maximum Gasteiger partial charge on any atom is 0.0480 e. The summed E-state index contributed by atoms with van der Waals surface area (Å²) >= 11 is 2.07. The molecule has 18 heavy (non-hydrogen) atoms. The highest BCUT2D eigenvalue weighted by Gasteiger charge is 2.18. The summed E-state index contributed by atoms with van der Waals surface area (Å²) in [6, 6.07) is 9.29. The molecule has 1 aromatic rings. The first-order chi connectivity index (χ1) is 8.66. The van der Waals surface area contributed by atoms with Gasteiger partial charge in [0.2, 0.25) is 0 Å². The number of hydrogen-bond donors (Lipinski definition) is 1. The van der Waals surface area contributed by atoms with Crippen LogP contribution in [-0.4, -0.2) is 11.3 Å². The molecule has 0 aromatic heterocycles. The van der Waals surface area contributed by atoms with Crippen molar-refractivity contribution in [3.63, 3.8) is 0 Å². The van der Waals surface area contributed by atoms with Gasteiger partial charge in [0.15, 0.2) is 0 Å². The van der Waals surface area contributed by atoms with Gasteiger partial charge in [0.05, 0.1) is 0 Å². The van der Waals surface area contributed by atoms with Crippen molar-refractivity contribution in [1.29, 1.82) is 0 Å². The van der Waals surface area contributed by atoms with Gasteiger partial charge in [-0.25, -0.2) is 0 Å². The van der Waals surface area contributed by atoms with Crippen LogP contribution in [-0.2, 0) is 0 Å². The summed E-state index contributed by atoms with van der Waals surface area (Å²) in [5.41, 5.74) is 1.32. The summed E-state index contributed by atoms with van der Waals surface area (Å²) in [4.78, 5) is 1.43. The van der Waals surface area contributed by atoms with E-state index in [1.807, 2.05) is 0 Å². The lowest BCUT2D eigenvalue weighted by molar-refractivity contribution is 0.559. The molecule has 1 unspecified atom stereocenters. The minimum Gasteiger partial charge on any atom is -0.381 e. The molecule has 1 N–H and O–H groups in total. The van der Waals surface area contributed by atoms with Crippen molar-refractivity contribution < 1.29 is 0 Å². The molecule has 1 aliphatic rings. The van der Waals surface area contributed by atoms with Crippen LogP contribution in [0.1, 0.15) is 46.5 Å². The number of rotatable bonds is 5. The van der Waals surface area contributed by atoms with Crippen LogP contribution in [0.2, 0.25) is 0 Å². The summed E-state index contributed by atoms with van der Waals surface area (Å²) in [6.07, 6.45) is 5.60. The Kier molecular flexibility index (Phi) is 4.99. The molecular weight excluding hydrogens is 238 g/mol. The Morgan fingerprint density at radius 2 is 1.78 bits per heavy atom. The van der Waals surface area contributed by atoms with Gasteiger partial charge in [-0.3, -0.25) is 0 Å². The van der Waals surface area contributed by atoms with Crippen LogP contribution < -0.4 is 5.32 Å². The van der Waals surface area contributed by atoms with Gasteiger partial charge in [0.1, 0.15) is 0 Å². The highest BCUT2D eigenvalue weighted by molar-refractivity contribution is 8.00. The van der Waals surface area contributed by atoms with Gasteiger partial charge < -0.3 is 5.32 Å². The van der Waals surface area contributed by atoms with Crippen LogP contribution in [0.15, 0.2) is 29.2 Å². The zero-order valence-corrected chi connectivity index (χ0v) is 12.6. The predicted octanol–water partition coefficient (Wildman–Crippen LogP) is 5.18. The Hall–Kier alpha value is -0.630. The average Bonchev–Trinajstić information content (AvgIpc) is 2.84. The normalized spacial score (nSPS) is 18.2. The molecule has 1 aromatic carbocycles. The lowest BCUT2D eigenvalue weighted by Gasteiger charge is -2.21. The van der Waals surface area contributed by atoms with Gasteiger partial charge >= 0.3 is 0 Å². The largest absolute Gasteiger partial charge is 0.381 e. The van der Waals surface area contributed by atoms with E-state index in [1.54, 1.807) is 0 Å². The first kappa shape index (κ1) is 13.8. The number of nitrogens with one attached hydrogen (secondary N) is 1. The highest BCUT2D eigenvalue weighted by Crippen LogP contribution is 2.38. The number of anilines is 1. The fourth-order valence-electron chi connectivity index (χ4n) is 2.29. The van der Waals surface area contributed by atoms with Crippen molar-refractivity contribution in [3.8, 4) is 0 Å². The molecule has 1 nitrogen and oxygen atoms in total. The van der Waals surface area contributed by atoms with Gasteiger partial charge in [-0.05, 0) is 37.8 Å². The minimum absolute atomic E-state index is 0.523. The molecule has 2 heteroatoms. The van der Waals surface area contributed by atoms with Crippen LogP contribution in [0.4, 0.5) is 5.69 Å². The molecule has 1 aliphatic carbocycles. The standard InChI is InChI=1S/C16H25NS/c1-12(2)13(3)17-15-10-6-7-11-16(15)18-14-8-4-5-9-14/h6-7,10-14,17H,4-5,8-9H2,1-3H3. The zero-order chi connectivity index (χ0) is 13.0. The van der Waals surface area contributed by atoms with E-state index in [4.69, 9.17) is 0 Å². The molecular formula is C16H25NS. The van der Waals surface area contributed by atoms with Crippen LogP contribution in [0.25, 0.3) is 0 Å². The predicted molar refractivity (Wildman–Crippen MR) is 82.5 cm³/mol. The summed E-state index contributed by atoms with van der Waals surface area (Å²) < 4.78 is 0. The molecule has 0 radical (unpaired) electrons. The van der Waals surface area contributed by atoms with E-state index in [9.17, 15) is 0 Å². The van der Waals surface area contributed by atoms with Gasteiger partial charge in [0.25, 0.3) is 0 Å². The van der Waals surface area contributed by atoms with Crippen LogP contribution in [0, 0.1) is 5.92 Å². The second-order valence-corrected chi connectivity index (χ2v) is 7.04. The first-order valence-corrected chi connectivity index (χ1v) is 8.07.